The third kappa shape index (κ3) is 18.4. The highest BCUT2D eigenvalue weighted by Crippen LogP contribution is 2.17. The number of nitrogens with zero attached hydrogens (tertiary/aromatic N) is 1. The van der Waals surface area contributed by atoms with Gasteiger partial charge in [-0.3, -0.25) is 0 Å². The molecule has 0 fully saturated rings. The summed E-state index contributed by atoms with van der Waals surface area (Å²) in [4.78, 5) is 24.3. The standard InChI is InChI=1S/C15H18F3NO3.C12H17F3N2.C2H7N.ClH/c1-15(2,3)22-14(21)19-10(4-5-20)6-9-7-12(17)13(18)8-11(9)16;1-17(2)4-3-9(16)5-8-6-11(14)12(15)7-10(8)13;1-3-2;/h5,7-8,10H,4,6H2,1-3H3,(H,19,21);6-7,9H,3-5,16H2,1-2H3;3H,1-2H3;1H/t10-;9-;;/m00../s1. The van der Waals surface area contributed by atoms with Gasteiger partial charge in [0.2, 0.25) is 0 Å². The van der Waals surface area contributed by atoms with Crippen LogP contribution in [0.2, 0.25) is 0 Å². The molecule has 0 bridgehead atoms. The molecule has 2 atom stereocenters. The maximum absolute atomic E-state index is 13.6. The zero-order valence-electron chi connectivity index (χ0n) is 25.5. The first-order valence-electron chi connectivity index (χ1n) is 13.1. The van der Waals surface area contributed by atoms with Gasteiger partial charge in [0.25, 0.3) is 0 Å². The van der Waals surface area contributed by atoms with Gasteiger partial charge in [0.1, 0.15) is 23.5 Å². The summed E-state index contributed by atoms with van der Waals surface area (Å²) in [5.41, 5.74) is 5.05. The van der Waals surface area contributed by atoms with Crippen LogP contribution < -0.4 is 16.4 Å². The van der Waals surface area contributed by atoms with Gasteiger partial charge in [-0.15, -0.1) is 12.4 Å². The molecule has 4 N–H and O–H groups in total. The second-order valence-corrected chi connectivity index (χ2v) is 10.7. The van der Waals surface area contributed by atoms with Crippen molar-refractivity contribution in [2.45, 2.75) is 64.1 Å². The Kier molecular flexibility index (Phi) is 20.6. The molecule has 1 amide bonds. The summed E-state index contributed by atoms with van der Waals surface area (Å²) in [6, 6.07) is 1.52. The van der Waals surface area contributed by atoms with E-state index in [2.05, 4.69) is 10.6 Å². The van der Waals surface area contributed by atoms with E-state index in [0.29, 0.717) is 30.9 Å². The van der Waals surface area contributed by atoms with Crippen LogP contribution in [0.25, 0.3) is 0 Å². The quantitative estimate of drug-likeness (QED) is 0.184. The van der Waals surface area contributed by atoms with Gasteiger partial charge < -0.3 is 30.8 Å². The summed E-state index contributed by atoms with van der Waals surface area (Å²) in [5.74, 6) is -6.40. The van der Waals surface area contributed by atoms with Crippen molar-refractivity contribution in [3.63, 3.8) is 0 Å². The van der Waals surface area contributed by atoms with Gasteiger partial charge in [-0.25, -0.2) is 31.1 Å². The second-order valence-electron chi connectivity index (χ2n) is 10.7. The average Bonchev–Trinajstić information content (AvgIpc) is 2.84. The molecule has 246 valence electrons. The Morgan fingerprint density at radius 3 is 1.70 bits per heavy atom. The number of carbonyl (C=O) groups is 2. The van der Waals surface area contributed by atoms with Crippen LogP contribution in [-0.2, 0) is 22.4 Å². The molecule has 2 rings (SSSR count). The number of hydrogen-bond acceptors (Lipinski definition) is 6. The summed E-state index contributed by atoms with van der Waals surface area (Å²) < 4.78 is 83.6. The number of aldehydes is 1. The van der Waals surface area contributed by atoms with E-state index in [0.717, 1.165) is 12.6 Å². The van der Waals surface area contributed by atoms with E-state index in [1.165, 1.54) is 0 Å². The van der Waals surface area contributed by atoms with Crippen LogP contribution >= 0.6 is 12.4 Å². The van der Waals surface area contributed by atoms with Crippen molar-refractivity contribution < 1.29 is 40.7 Å². The molecule has 14 heteroatoms. The normalized spacial score (nSPS) is 12.1. The first-order chi connectivity index (χ1) is 19.4. The van der Waals surface area contributed by atoms with E-state index in [9.17, 15) is 35.9 Å². The minimum atomic E-state index is -1.30. The van der Waals surface area contributed by atoms with Crippen LogP contribution in [0.1, 0.15) is 44.7 Å². The molecule has 7 nitrogen and oxygen atoms in total. The number of rotatable bonds is 10. The minimum Gasteiger partial charge on any atom is -0.444 e. The van der Waals surface area contributed by atoms with Gasteiger partial charge in [-0.05, 0) is 98.0 Å². The van der Waals surface area contributed by atoms with Gasteiger partial charge in [-0.2, -0.15) is 0 Å². The zero-order valence-corrected chi connectivity index (χ0v) is 26.3. The summed E-state index contributed by atoms with van der Waals surface area (Å²) in [7, 11) is 7.57. The summed E-state index contributed by atoms with van der Waals surface area (Å²) >= 11 is 0. The molecule has 0 radical (unpaired) electrons. The smallest absolute Gasteiger partial charge is 0.407 e. The molecule has 0 saturated heterocycles. The maximum atomic E-state index is 13.6. The molecule has 2 aromatic rings. The molecule has 2 aromatic carbocycles. The molecule has 0 saturated carbocycles. The van der Waals surface area contributed by atoms with Crippen molar-refractivity contribution in [3.8, 4) is 0 Å². The van der Waals surface area contributed by atoms with Crippen LogP contribution in [0, 0.1) is 34.9 Å². The molecular weight excluding hydrogens is 602 g/mol. The van der Waals surface area contributed by atoms with Crippen molar-refractivity contribution in [2.75, 3.05) is 34.7 Å². The number of halogens is 7. The Bertz CT molecular complexity index is 1140. The highest BCUT2D eigenvalue weighted by Gasteiger charge is 2.21. The topological polar surface area (TPSA) is 96.7 Å². The SMILES string of the molecule is CC(C)(C)OC(=O)N[C@@H](CC=O)Cc1cc(F)c(F)cc1F.CN(C)CC[C@H](N)Cc1cc(F)c(F)cc1F.CNC.Cl. The molecule has 0 aliphatic carbocycles. The highest BCUT2D eigenvalue weighted by molar-refractivity contribution is 5.85. The third-order valence-corrected chi connectivity index (χ3v) is 5.18. The van der Waals surface area contributed by atoms with Crippen molar-refractivity contribution in [3.05, 3.63) is 70.3 Å². The van der Waals surface area contributed by atoms with Gasteiger partial charge in [0.05, 0.1) is 0 Å². The summed E-state index contributed by atoms with van der Waals surface area (Å²) in [5, 5.41) is 5.16. The van der Waals surface area contributed by atoms with E-state index in [1.807, 2.05) is 33.1 Å². The minimum absolute atomic E-state index is 0. The Hall–Kier alpha value is -2.87. The van der Waals surface area contributed by atoms with Crippen LogP contribution in [0.4, 0.5) is 31.1 Å². The first-order valence-corrected chi connectivity index (χ1v) is 13.1. The predicted molar refractivity (Wildman–Crippen MR) is 157 cm³/mol. The Balaban J connectivity index is 0. The third-order valence-electron chi connectivity index (χ3n) is 5.18. The largest absolute Gasteiger partial charge is 0.444 e. The lowest BCUT2D eigenvalue weighted by Crippen LogP contribution is -2.40. The fourth-order valence-corrected chi connectivity index (χ4v) is 3.30. The molecule has 0 heterocycles. The van der Waals surface area contributed by atoms with Gasteiger partial charge in [0.15, 0.2) is 23.3 Å². The molecule has 0 aromatic heterocycles. The van der Waals surface area contributed by atoms with E-state index in [4.69, 9.17) is 10.5 Å². The Morgan fingerprint density at radius 2 is 1.30 bits per heavy atom. The maximum Gasteiger partial charge on any atom is 0.407 e. The lowest BCUT2D eigenvalue weighted by atomic mass is 10.0. The van der Waals surface area contributed by atoms with E-state index in [1.54, 1.807) is 20.8 Å². The predicted octanol–water partition coefficient (Wildman–Crippen LogP) is 5.31. The Labute approximate surface area is 255 Å². The number of carbonyl (C=O) groups excluding carboxylic acids is 2. The van der Waals surface area contributed by atoms with Gasteiger partial charge in [-0.1, -0.05) is 0 Å². The van der Waals surface area contributed by atoms with Crippen molar-refractivity contribution in [1.82, 2.24) is 15.5 Å². The highest BCUT2D eigenvalue weighted by atomic mass is 35.5. The molecule has 0 aliphatic rings. The molecule has 43 heavy (non-hydrogen) atoms. The van der Waals surface area contributed by atoms with Crippen molar-refractivity contribution >= 4 is 24.8 Å². The van der Waals surface area contributed by atoms with Gasteiger partial charge in [0, 0.05) is 30.6 Å². The second kappa shape index (κ2) is 20.9. The number of alkyl carbamates (subject to hydrolysis) is 1. The zero-order chi connectivity index (χ0) is 32.6. The summed E-state index contributed by atoms with van der Waals surface area (Å²) in [6.07, 6.45) is 0.364. The van der Waals surface area contributed by atoms with Gasteiger partial charge >= 0.3 is 6.09 Å². The number of ether oxygens (including phenoxy) is 1. The molecule has 0 spiro atoms. The molecular formula is C29H43ClF6N4O3. The first kappa shape index (κ1) is 42.3. The number of amides is 1. The van der Waals surface area contributed by atoms with Crippen LogP contribution in [0.15, 0.2) is 24.3 Å². The van der Waals surface area contributed by atoms with Crippen LogP contribution in [-0.4, -0.2) is 69.7 Å². The van der Waals surface area contributed by atoms with E-state index >= 15 is 0 Å². The fraction of sp³-hybridized carbons (Fsp3) is 0.517. The van der Waals surface area contributed by atoms with E-state index in [-0.39, 0.29) is 48.8 Å². The molecule has 0 unspecified atom stereocenters. The van der Waals surface area contributed by atoms with E-state index < -0.39 is 52.6 Å². The molecule has 0 aliphatic heterocycles. The number of benzene rings is 2. The summed E-state index contributed by atoms with van der Waals surface area (Å²) in [6.45, 7) is 5.76. The number of nitrogens with one attached hydrogen (secondary N) is 2. The number of hydrogen-bond donors (Lipinski definition) is 3. The lowest BCUT2D eigenvalue weighted by molar-refractivity contribution is -0.108. The fourth-order valence-electron chi connectivity index (χ4n) is 3.30. The van der Waals surface area contributed by atoms with Crippen molar-refractivity contribution in [1.29, 1.82) is 0 Å². The van der Waals surface area contributed by atoms with Crippen LogP contribution in [0.5, 0.6) is 0 Å². The lowest BCUT2D eigenvalue weighted by Gasteiger charge is -2.23. The van der Waals surface area contributed by atoms with Crippen LogP contribution in [0.3, 0.4) is 0 Å². The average molecular weight is 645 g/mol. The Morgan fingerprint density at radius 1 is 0.884 bits per heavy atom. The monoisotopic (exact) mass is 644 g/mol. The number of nitrogens with two attached hydrogens (primary N) is 1. The van der Waals surface area contributed by atoms with Crippen molar-refractivity contribution in [2.24, 2.45) is 5.73 Å².